The van der Waals surface area contributed by atoms with E-state index in [-0.39, 0.29) is 24.5 Å². The Bertz CT molecular complexity index is 1050. The lowest BCUT2D eigenvalue weighted by Gasteiger charge is -2.07. The van der Waals surface area contributed by atoms with Crippen LogP contribution in [0.1, 0.15) is 22.3 Å². The summed E-state index contributed by atoms with van der Waals surface area (Å²) in [5.41, 5.74) is 1.44. The first-order chi connectivity index (χ1) is 14.3. The third-order valence-corrected chi connectivity index (χ3v) is 5.14. The maximum absolute atomic E-state index is 12.6. The summed E-state index contributed by atoms with van der Waals surface area (Å²) in [6.07, 6.45) is 1.61. The normalized spacial score (nSPS) is 16.3. The molecule has 0 spiro atoms. The zero-order valence-corrected chi connectivity index (χ0v) is 16.8. The van der Waals surface area contributed by atoms with Crippen LogP contribution >= 0.6 is 11.8 Å². The Morgan fingerprint density at radius 1 is 1.17 bits per heavy atom. The maximum Gasteiger partial charge on any atom is 0.335 e. The molecule has 0 bridgehead atoms. The molecule has 2 N–H and O–H groups in total. The second-order valence-electron chi connectivity index (χ2n) is 6.29. The number of aliphatic carboxylic acids is 1. The van der Waals surface area contributed by atoms with Crippen LogP contribution in [-0.4, -0.2) is 51.8 Å². The summed E-state index contributed by atoms with van der Waals surface area (Å²) >= 11 is 1.21. The second-order valence-corrected chi connectivity index (χ2v) is 7.30. The van der Waals surface area contributed by atoms with Gasteiger partial charge >= 0.3 is 11.9 Å². The Kier molecular flexibility index (Phi) is 6.53. The number of rotatable bonds is 7. The Morgan fingerprint density at radius 2 is 1.90 bits per heavy atom. The van der Waals surface area contributed by atoms with Gasteiger partial charge in [0.1, 0.15) is 5.75 Å². The predicted octanol–water partition coefficient (Wildman–Crippen LogP) is 3.47. The smallest absolute Gasteiger partial charge is 0.335 e. The minimum absolute atomic E-state index is 0.0588. The molecule has 1 aliphatic heterocycles. The van der Waals surface area contributed by atoms with Crippen LogP contribution in [0.25, 0.3) is 6.08 Å². The highest BCUT2D eigenvalue weighted by Crippen LogP contribution is 2.33. The van der Waals surface area contributed by atoms with Gasteiger partial charge in [-0.1, -0.05) is 12.1 Å². The van der Waals surface area contributed by atoms with Crippen molar-refractivity contribution >= 4 is 46.5 Å². The molecule has 0 atom stereocenters. The lowest BCUT2D eigenvalue weighted by molar-refractivity contribution is -0.137. The van der Waals surface area contributed by atoms with Crippen LogP contribution in [0, 0.1) is 0 Å². The summed E-state index contributed by atoms with van der Waals surface area (Å²) in [4.78, 5) is 40.4. The van der Waals surface area contributed by atoms with Crippen molar-refractivity contribution in [2.75, 3.05) is 13.7 Å². The van der Waals surface area contributed by atoms with Gasteiger partial charge in [-0.15, -0.1) is 0 Å². The van der Waals surface area contributed by atoms with Gasteiger partial charge in [0.15, 0.2) is 5.17 Å². The topological polar surface area (TPSA) is 117 Å². The first kappa shape index (κ1) is 21.1. The number of amides is 1. The first-order valence-corrected chi connectivity index (χ1v) is 9.69. The maximum atomic E-state index is 12.6. The largest absolute Gasteiger partial charge is 0.493 e. The van der Waals surface area contributed by atoms with Crippen molar-refractivity contribution in [3.8, 4) is 5.75 Å². The molecule has 0 aromatic heterocycles. The van der Waals surface area contributed by atoms with Gasteiger partial charge in [-0.2, -0.15) is 0 Å². The highest BCUT2D eigenvalue weighted by Gasteiger charge is 2.30. The summed E-state index contributed by atoms with van der Waals surface area (Å²) in [6, 6.07) is 13.1. The molecule has 8 nitrogen and oxygen atoms in total. The van der Waals surface area contributed by atoms with Crippen LogP contribution in [0.5, 0.6) is 5.75 Å². The number of benzene rings is 2. The number of thioether (sulfide) groups is 1. The average Bonchev–Trinajstić information content (AvgIpc) is 2.96. The van der Waals surface area contributed by atoms with E-state index in [1.54, 1.807) is 43.5 Å². The van der Waals surface area contributed by atoms with Crippen molar-refractivity contribution in [1.29, 1.82) is 0 Å². The molecule has 0 saturated carbocycles. The molecule has 1 heterocycles. The number of nitrogens with zero attached hydrogens (tertiary/aromatic N) is 2. The number of likely N-dealkylation sites (N-methyl/N-ethyl adjacent to an activating group) is 1. The van der Waals surface area contributed by atoms with Gasteiger partial charge in [-0.3, -0.25) is 14.5 Å². The summed E-state index contributed by atoms with van der Waals surface area (Å²) < 4.78 is 5.42. The Morgan fingerprint density at radius 3 is 2.57 bits per heavy atom. The number of amidine groups is 1. The van der Waals surface area contributed by atoms with Crippen LogP contribution < -0.4 is 4.74 Å². The van der Waals surface area contributed by atoms with E-state index in [2.05, 4.69) is 4.99 Å². The quantitative estimate of drug-likeness (QED) is 0.651. The molecule has 9 heteroatoms. The third-order valence-electron chi connectivity index (χ3n) is 4.08. The molecule has 154 valence electrons. The summed E-state index contributed by atoms with van der Waals surface area (Å²) in [5, 5.41) is 18.1. The molecule has 0 unspecified atom stereocenters. The van der Waals surface area contributed by atoms with Crippen molar-refractivity contribution in [3.63, 3.8) is 0 Å². The van der Waals surface area contributed by atoms with Gasteiger partial charge in [0.05, 0.1) is 29.2 Å². The Hall–Kier alpha value is -3.59. The van der Waals surface area contributed by atoms with E-state index < -0.39 is 11.9 Å². The van der Waals surface area contributed by atoms with E-state index in [0.29, 0.717) is 21.5 Å². The number of carbonyl (C=O) groups excluding carboxylic acids is 1. The monoisotopic (exact) mass is 426 g/mol. The van der Waals surface area contributed by atoms with E-state index in [4.69, 9.17) is 14.9 Å². The fraction of sp³-hybridized carbons (Fsp3) is 0.143. The second kappa shape index (κ2) is 9.27. The number of carboxylic acid groups (broad SMARTS) is 2. The van der Waals surface area contributed by atoms with Crippen LogP contribution in [0.15, 0.2) is 58.4 Å². The predicted molar refractivity (Wildman–Crippen MR) is 113 cm³/mol. The number of aromatic carboxylic acids is 1. The molecular weight excluding hydrogens is 408 g/mol. The lowest BCUT2D eigenvalue weighted by atomic mass is 10.2. The van der Waals surface area contributed by atoms with Crippen molar-refractivity contribution < 1.29 is 29.3 Å². The number of hydrogen-bond donors (Lipinski definition) is 2. The average molecular weight is 426 g/mol. The molecule has 1 aliphatic rings. The fourth-order valence-corrected chi connectivity index (χ4v) is 3.53. The SMILES string of the molecule is CN1C(=O)/C(=C/c2cccc(OCCC(=O)O)c2)SC1=Nc1ccc(C(=O)O)cc1. The highest BCUT2D eigenvalue weighted by atomic mass is 32.2. The Balaban J connectivity index is 1.76. The molecule has 1 amide bonds. The molecular formula is C21H18N2O6S. The van der Waals surface area contributed by atoms with E-state index >= 15 is 0 Å². The minimum Gasteiger partial charge on any atom is -0.493 e. The number of aliphatic imine (C=N–C) groups is 1. The van der Waals surface area contributed by atoms with Crippen molar-refractivity contribution in [2.45, 2.75) is 6.42 Å². The lowest BCUT2D eigenvalue weighted by Crippen LogP contribution is -2.23. The Labute approximate surface area is 176 Å². The zero-order chi connectivity index (χ0) is 21.7. The summed E-state index contributed by atoms with van der Waals surface area (Å²) in [5.74, 6) is -1.65. The molecule has 1 saturated heterocycles. The van der Waals surface area contributed by atoms with Gasteiger partial charge in [-0.25, -0.2) is 9.79 Å². The number of hydrogen-bond acceptors (Lipinski definition) is 6. The van der Waals surface area contributed by atoms with Crippen LogP contribution in [0.3, 0.4) is 0 Å². The first-order valence-electron chi connectivity index (χ1n) is 8.88. The minimum atomic E-state index is -1.02. The summed E-state index contributed by atoms with van der Waals surface area (Å²) in [7, 11) is 1.62. The molecule has 0 radical (unpaired) electrons. The van der Waals surface area contributed by atoms with Gasteiger partial charge in [0.2, 0.25) is 0 Å². The van der Waals surface area contributed by atoms with Crippen molar-refractivity contribution in [1.82, 2.24) is 4.90 Å². The molecule has 2 aromatic rings. The fourth-order valence-electron chi connectivity index (χ4n) is 2.54. The van der Waals surface area contributed by atoms with E-state index in [9.17, 15) is 14.4 Å². The van der Waals surface area contributed by atoms with Crippen LogP contribution in [-0.2, 0) is 9.59 Å². The van der Waals surface area contributed by atoms with Gasteiger partial charge in [0, 0.05) is 7.05 Å². The molecule has 30 heavy (non-hydrogen) atoms. The van der Waals surface area contributed by atoms with Crippen LogP contribution in [0.4, 0.5) is 5.69 Å². The van der Waals surface area contributed by atoms with Crippen LogP contribution in [0.2, 0.25) is 0 Å². The van der Waals surface area contributed by atoms with E-state index in [0.717, 1.165) is 5.56 Å². The van der Waals surface area contributed by atoms with E-state index in [1.165, 1.54) is 28.8 Å². The van der Waals surface area contributed by atoms with Crippen molar-refractivity contribution in [2.24, 2.45) is 4.99 Å². The van der Waals surface area contributed by atoms with Gasteiger partial charge in [0.25, 0.3) is 5.91 Å². The van der Waals surface area contributed by atoms with E-state index in [1.807, 2.05) is 6.07 Å². The highest BCUT2D eigenvalue weighted by molar-refractivity contribution is 8.18. The third kappa shape index (κ3) is 5.26. The molecule has 3 rings (SSSR count). The number of carboxylic acids is 2. The van der Waals surface area contributed by atoms with Gasteiger partial charge < -0.3 is 14.9 Å². The molecule has 1 fully saturated rings. The summed E-state index contributed by atoms with van der Waals surface area (Å²) in [6.45, 7) is 0.0588. The number of carbonyl (C=O) groups is 3. The standard InChI is InChI=1S/C21H18N2O6S/c1-23-19(26)17(12-13-3-2-4-16(11-13)29-10-9-18(24)25)30-21(23)22-15-7-5-14(6-8-15)20(27)28/h2-8,11-12H,9-10H2,1H3,(H,24,25)(H,27,28)/b17-12-,22-21?. The number of ether oxygens (including phenoxy) is 1. The van der Waals surface area contributed by atoms with Gasteiger partial charge in [-0.05, 0) is 59.8 Å². The van der Waals surface area contributed by atoms with Crippen molar-refractivity contribution in [3.05, 3.63) is 64.6 Å². The molecule has 0 aliphatic carbocycles. The zero-order valence-electron chi connectivity index (χ0n) is 15.9. The molecule has 2 aromatic carbocycles.